The predicted molar refractivity (Wildman–Crippen MR) is 307 cm³/mol. The van der Waals surface area contributed by atoms with Gasteiger partial charge in [0.05, 0.1) is 39.9 Å². The van der Waals surface area contributed by atoms with E-state index in [0.29, 0.717) is 17.4 Å². The Hall–Kier alpha value is -1.02. The number of quaternary nitrogens is 1. The quantitative estimate of drug-likeness (QED) is 0.0272. The van der Waals surface area contributed by atoms with E-state index in [9.17, 15) is 19.4 Å². The zero-order valence-electron chi connectivity index (χ0n) is 48.2. The topological polar surface area (TPSA) is 108 Å². The summed E-state index contributed by atoms with van der Waals surface area (Å²) in [7, 11) is 1.26. The number of unbranched alkanes of at least 4 members (excludes halogenated alkanes) is 43. The molecule has 1 amide bonds. The minimum Gasteiger partial charge on any atom is -0.756 e. The molecule has 0 radical (unpaired) electrons. The fourth-order valence-corrected chi connectivity index (χ4v) is 10.2. The molecule has 0 fully saturated rings. The first-order chi connectivity index (χ1) is 34.5. The van der Waals surface area contributed by atoms with E-state index in [1.54, 1.807) is 6.08 Å². The van der Waals surface area contributed by atoms with Crippen molar-refractivity contribution >= 4 is 13.7 Å². The highest BCUT2D eigenvalue weighted by Gasteiger charge is 2.23. The number of aliphatic hydroxyl groups is 1. The van der Waals surface area contributed by atoms with Crippen molar-refractivity contribution in [3.05, 3.63) is 24.3 Å². The minimum absolute atomic E-state index is 0.00362. The zero-order chi connectivity index (χ0) is 52.0. The number of hydrogen-bond acceptors (Lipinski definition) is 6. The number of rotatable bonds is 58. The van der Waals surface area contributed by atoms with E-state index in [-0.39, 0.29) is 19.1 Å². The Morgan fingerprint density at radius 2 is 0.789 bits per heavy atom. The summed E-state index contributed by atoms with van der Waals surface area (Å²) in [5.74, 6) is -0.201. The number of carbonyl (C=O) groups excluding carboxylic acids is 1. The fraction of sp³-hybridized carbons (Fsp3) is 0.919. The van der Waals surface area contributed by atoms with Crippen LogP contribution in [-0.4, -0.2) is 68.5 Å². The second-order valence-electron chi connectivity index (χ2n) is 22.8. The molecular weight excluding hydrogens is 900 g/mol. The molecule has 0 saturated carbocycles. The second kappa shape index (κ2) is 53.8. The standard InChI is InChI=1S/C62H123N2O6P/c1-6-8-10-12-14-16-18-20-22-24-26-27-28-29-30-31-32-33-34-35-36-38-39-41-43-45-47-49-51-53-55-61(65)60(59-70-71(67,68)69-58-57-64(3,4)5)63-62(66)56-54-52-50-48-46-44-42-40-37-25-23-21-19-17-15-13-11-9-7-2/h45,47,53,55,60-61,65H,6-44,46,48-52,54,56-59H2,1-5H3,(H-,63,66,67,68)/b47-45+,55-53+. The zero-order valence-corrected chi connectivity index (χ0v) is 49.1. The lowest BCUT2D eigenvalue weighted by Gasteiger charge is -2.29. The van der Waals surface area contributed by atoms with Gasteiger partial charge in [-0.05, 0) is 32.1 Å². The van der Waals surface area contributed by atoms with Crippen molar-refractivity contribution in [2.75, 3.05) is 40.9 Å². The third-order valence-electron chi connectivity index (χ3n) is 14.4. The van der Waals surface area contributed by atoms with Crippen LogP contribution in [0.25, 0.3) is 0 Å². The third kappa shape index (κ3) is 56.5. The lowest BCUT2D eigenvalue weighted by Crippen LogP contribution is -2.45. The summed E-state index contributed by atoms with van der Waals surface area (Å²) in [5, 5.41) is 13.9. The van der Waals surface area contributed by atoms with Gasteiger partial charge in [0.15, 0.2) is 0 Å². The van der Waals surface area contributed by atoms with Crippen molar-refractivity contribution in [3.63, 3.8) is 0 Å². The van der Waals surface area contributed by atoms with Crippen LogP contribution in [0, 0.1) is 0 Å². The van der Waals surface area contributed by atoms with Crippen molar-refractivity contribution in [2.45, 2.75) is 328 Å². The van der Waals surface area contributed by atoms with Crippen LogP contribution >= 0.6 is 7.82 Å². The summed E-state index contributed by atoms with van der Waals surface area (Å²) in [6, 6.07) is -0.900. The van der Waals surface area contributed by atoms with Crippen LogP contribution in [0.1, 0.15) is 316 Å². The highest BCUT2D eigenvalue weighted by molar-refractivity contribution is 7.45. The predicted octanol–water partition coefficient (Wildman–Crippen LogP) is 18.5. The van der Waals surface area contributed by atoms with Crippen LogP contribution in [0.15, 0.2) is 24.3 Å². The van der Waals surface area contributed by atoms with Gasteiger partial charge < -0.3 is 28.8 Å². The maximum absolute atomic E-state index is 13.0. The molecule has 0 spiro atoms. The lowest BCUT2D eigenvalue weighted by molar-refractivity contribution is -0.870. The highest BCUT2D eigenvalue weighted by Crippen LogP contribution is 2.38. The summed E-state index contributed by atoms with van der Waals surface area (Å²) in [5.41, 5.74) is 0. The second-order valence-corrected chi connectivity index (χ2v) is 24.2. The highest BCUT2D eigenvalue weighted by atomic mass is 31.2. The number of allylic oxidation sites excluding steroid dienone is 3. The van der Waals surface area contributed by atoms with Crippen molar-refractivity contribution < 1.29 is 32.9 Å². The Morgan fingerprint density at radius 3 is 1.14 bits per heavy atom. The molecule has 0 aliphatic rings. The Morgan fingerprint density at radius 1 is 0.479 bits per heavy atom. The van der Waals surface area contributed by atoms with Gasteiger partial charge in [-0.25, -0.2) is 0 Å². The number of nitrogens with zero attached hydrogens (tertiary/aromatic N) is 1. The molecule has 0 aromatic carbocycles. The van der Waals surface area contributed by atoms with Crippen LogP contribution in [0.2, 0.25) is 0 Å². The molecule has 9 heteroatoms. The van der Waals surface area contributed by atoms with E-state index < -0.39 is 20.0 Å². The van der Waals surface area contributed by atoms with Crippen LogP contribution < -0.4 is 10.2 Å². The van der Waals surface area contributed by atoms with Gasteiger partial charge in [0.1, 0.15) is 13.2 Å². The van der Waals surface area contributed by atoms with E-state index >= 15 is 0 Å². The van der Waals surface area contributed by atoms with Gasteiger partial charge in [0, 0.05) is 6.42 Å². The van der Waals surface area contributed by atoms with E-state index in [2.05, 4.69) is 31.3 Å². The summed E-state index contributed by atoms with van der Waals surface area (Å²) in [6.45, 7) is 4.68. The average molecular weight is 1020 g/mol. The van der Waals surface area contributed by atoms with Gasteiger partial charge in [0.2, 0.25) is 5.91 Å². The normalized spacial score (nSPS) is 14.0. The minimum atomic E-state index is -4.60. The Balaban J connectivity index is 4.14. The fourth-order valence-electron chi connectivity index (χ4n) is 9.53. The molecule has 0 saturated heterocycles. The molecule has 3 atom stereocenters. The van der Waals surface area contributed by atoms with E-state index in [1.807, 2.05) is 27.2 Å². The molecule has 0 rings (SSSR count). The van der Waals surface area contributed by atoms with Crippen molar-refractivity contribution in [1.29, 1.82) is 0 Å². The molecule has 71 heavy (non-hydrogen) atoms. The number of hydrogen-bond donors (Lipinski definition) is 2. The van der Waals surface area contributed by atoms with E-state index in [1.165, 1.54) is 257 Å². The number of phosphoric acid groups is 1. The first-order valence-electron chi connectivity index (χ1n) is 31.2. The molecule has 0 heterocycles. The Bertz CT molecular complexity index is 1210. The SMILES string of the molecule is CCCCCCCCCCCCCCCCCCCCCCCCCC/C=C/CC/C=C/C(O)C(COP(=O)([O-])OCC[N+](C)(C)C)NC(=O)CCCCCCCCCCCCCCCCCCCCC. The summed E-state index contributed by atoms with van der Waals surface area (Å²) in [6.07, 6.45) is 68.5. The Kier molecular flexibility index (Phi) is 53.0. The van der Waals surface area contributed by atoms with Crippen molar-refractivity contribution in [2.24, 2.45) is 0 Å². The average Bonchev–Trinajstić information content (AvgIpc) is 3.33. The summed E-state index contributed by atoms with van der Waals surface area (Å²) >= 11 is 0. The number of phosphoric ester groups is 1. The molecule has 8 nitrogen and oxygen atoms in total. The van der Waals surface area contributed by atoms with E-state index in [0.717, 1.165) is 38.5 Å². The third-order valence-corrected chi connectivity index (χ3v) is 15.4. The maximum Gasteiger partial charge on any atom is 0.268 e. The van der Waals surface area contributed by atoms with Gasteiger partial charge in [0.25, 0.3) is 7.82 Å². The molecule has 0 bridgehead atoms. The van der Waals surface area contributed by atoms with Crippen molar-refractivity contribution in [3.8, 4) is 0 Å². The number of aliphatic hydroxyl groups excluding tert-OH is 1. The van der Waals surface area contributed by atoms with Crippen LogP contribution in [0.3, 0.4) is 0 Å². The summed E-state index contributed by atoms with van der Waals surface area (Å²) in [4.78, 5) is 25.5. The molecule has 0 aliphatic carbocycles. The number of nitrogens with one attached hydrogen (secondary N) is 1. The van der Waals surface area contributed by atoms with Gasteiger partial charge in [-0.1, -0.05) is 301 Å². The van der Waals surface area contributed by atoms with Gasteiger partial charge >= 0.3 is 0 Å². The van der Waals surface area contributed by atoms with Gasteiger partial charge in [-0.2, -0.15) is 0 Å². The van der Waals surface area contributed by atoms with Gasteiger partial charge in [-0.15, -0.1) is 0 Å². The molecular formula is C62H123N2O6P. The maximum atomic E-state index is 13.0. The van der Waals surface area contributed by atoms with Crippen LogP contribution in [0.4, 0.5) is 0 Å². The number of likely N-dealkylation sites (N-methyl/N-ethyl adjacent to an activating group) is 1. The molecule has 3 unspecified atom stereocenters. The largest absolute Gasteiger partial charge is 0.756 e. The van der Waals surface area contributed by atoms with Gasteiger partial charge in [-0.3, -0.25) is 9.36 Å². The number of carbonyl (C=O) groups is 1. The molecule has 0 aromatic heterocycles. The summed E-state index contributed by atoms with van der Waals surface area (Å²) < 4.78 is 23.4. The monoisotopic (exact) mass is 1020 g/mol. The number of amides is 1. The Labute approximate surface area is 443 Å². The van der Waals surface area contributed by atoms with Crippen LogP contribution in [-0.2, 0) is 18.4 Å². The molecule has 422 valence electrons. The first-order valence-corrected chi connectivity index (χ1v) is 32.7. The molecule has 0 aromatic rings. The molecule has 2 N–H and O–H groups in total. The molecule has 0 aliphatic heterocycles. The van der Waals surface area contributed by atoms with Crippen molar-refractivity contribution in [1.82, 2.24) is 5.32 Å². The van der Waals surface area contributed by atoms with E-state index in [4.69, 9.17) is 9.05 Å². The van der Waals surface area contributed by atoms with Crippen LogP contribution in [0.5, 0.6) is 0 Å². The first kappa shape index (κ1) is 70.0. The smallest absolute Gasteiger partial charge is 0.268 e. The lowest BCUT2D eigenvalue weighted by atomic mass is 10.0.